The standard InChI is InChI=1S/C25H36N4/c1-27(17-12-22-8-3-2-4-9-22)25-11-7-16-29(21-25)24-13-18-28(19-14-24)20-23-10-5-6-15-26-23/h2-6,8-10,15,24-25H,7,11-14,16-21H2,1H3/t25-/m1/s1. The molecule has 4 heteroatoms. The highest BCUT2D eigenvalue weighted by molar-refractivity contribution is 5.14. The number of likely N-dealkylation sites (N-methyl/N-ethyl adjacent to an activating group) is 1. The summed E-state index contributed by atoms with van der Waals surface area (Å²) in [5.74, 6) is 0. The van der Waals surface area contributed by atoms with E-state index in [-0.39, 0.29) is 0 Å². The molecule has 1 atom stereocenters. The largest absolute Gasteiger partial charge is 0.302 e. The first-order valence-electron chi connectivity index (χ1n) is 11.4. The SMILES string of the molecule is CN(CCc1ccccc1)[C@@H]1CCCN(C2CCN(Cc3ccccn3)CC2)C1. The lowest BCUT2D eigenvalue weighted by Gasteiger charge is -2.44. The van der Waals surface area contributed by atoms with Gasteiger partial charge in [-0.25, -0.2) is 0 Å². The fraction of sp³-hybridized carbons (Fsp3) is 0.560. The van der Waals surface area contributed by atoms with E-state index >= 15 is 0 Å². The second-order valence-electron chi connectivity index (χ2n) is 8.84. The molecular weight excluding hydrogens is 356 g/mol. The lowest BCUT2D eigenvalue weighted by molar-refractivity contribution is 0.0505. The molecule has 0 spiro atoms. The summed E-state index contributed by atoms with van der Waals surface area (Å²) in [5, 5.41) is 0. The van der Waals surface area contributed by atoms with Gasteiger partial charge in [-0.15, -0.1) is 0 Å². The van der Waals surface area contributed by atoms with E-state index in [1.165, 1.54) is 63.1 Å². The van der Waals surface area contributed by atoms with E-state index in [9.17, 15) is 0 Å². The summed E-state index contributed by atoms with van der Waals surface area (Å²) >= 11 is 0. The van der Waals surface area contributed by atoms with Gasteiger partial charge in [-0.05, 0) is 63.4 Å². The summed E-state index contributed by atoms with van der Waals surface area (Å²) in [5.41, 5.74) is 2.65. The third kappa shape index (κ3) is 5.88. The average molecular weight is 393 g/mol. The number of likely N-dealkylation sites (tertiary alicyclic amines) is 2. The molecular formula is C25H36N4. The van der Waals surface area contributed by atoms with Crippen molar-refractivity contribution in [3.05, 3.63) is 66.0 Å². The maximum absolute atomic E-state index is 4.49. The molecule has 156 valence electrons. The van der Waals surface area contributed by atoms with Gasteiger partial charge in [0.1, 0.15) is 0 Å². The fourth-order valence-corrected chi connectivity index (χ4v) is 4.97. The second kappa shape index (κ2) is 10.3. The average Bonchev–Trinajstić information content (AvgIpc) is 2.79. The molecule has 2 fully saturated rings. The van der Waals surface area contributed by atoms with Gasteiger partial charge in [-0.3, -0.25) is 14.8 Å². The number of rotatable bonds is 7. The Morgan fingerprint density at radius 1 is 0.966 bits per heavy atom. The summed E-state index contributed by atoms with van der Waals surface area (Å²) in [6.07, 6.45) is 8.35. The van der Waals surface area contributed by atoms with Crippen LogP contribution >= 0.6 is 0 Å². The van der Waals surface area contributed by atoms with E-state index in [1.807, 2.05) is 12.3 Å². The normalized spacial score (nSPS) is 22.2. The molecule has 0 aliphatic carbocycles. The molecule has 1 aromatic carbocycles. The highest BCUT2D eigenvalue weighted by atomic mass is 15.2. The topological polar surface area (TPSA) is 22.6 Å². The number of nitrogens with zero attached hydrogens (tertiary/aromatic N) is 4. The van der Waals surface area contributed by atoms with Gasteiger partial charge in [0.25, 0.3) is 0 Å². The van der Waals surface area contributed by atoms with Crippen molar-refractivity contribution in [1.29, 1.82) is 0 Å². The van der Waals surface area contributed by atoms with Crippen molar-refractivity contribution < 1.29 is 0 Å². The van der Waals surface area contributed by atoms with Crippen LogP contribution in [-0.4, -0.2) is 71.5 Å². The van der Waals surface area contributed by atoms with Gasteiger partial charge in [-0.1, -0.05) is 36.4 Å². The number of pyridine rings is 1. The highest BCUT2D eigenvalue weighted by Gasteiger charge is 2.30. The summed E-state index contributed by atoms with van der Waals surface area (Å²) in [4.78, 5) is 12.5. The molecule has 0 saturated carbocycles. The van der Waals surface area contributed by atoms with Crippen LogP contribution in [0.15, 0.2) is 54.7 Å². The Morgan fingerprint density at radius 2 is 1.76 bits per heavy atom. The Balaban J connectivity index is 1.22. The van der Waals surface area contributed by atoms with Crippen molar-refractivity contribution in [2.45, 2.75) is 50.7 Å². The zero-order valence-electron chi connectivity index (χ0n) is 17.9. The Bertz CT molecular complexity index is 712. The fourth-order valence-electron chi connectivity index (χ4n) is 4.97. The number of piperidine rings is 2. The van der Waals surface area contributed by atoms with Gasteiger partial charge in [0.2, 0.25) is 0 Å². The monoisotopic (exact) mass is 392 g/mol. The first-order chi connectivity index (χ1) is 14.3. The quantitative estimate of drug-likeness (QED) is 0.717. The molecule has 2 aromatic rings. The van der Waals surface area contributed by atoms with Crippen molar-refractivity contribution in [1.82, 2.24) is 19.7 Å². The molecule has 2 saturated heterocycles. The minimum absolute atomic E-state index is 0.707. The molecule has 2 aliphatic heterocycles. The molecule has 3 heterocycles. The van der Waals surface area contributed by atoms with E-state index in [2.05, 4.69) is 69.2 Å². The second-order valence-corrected chi connectivity index (χ2v) is 8.84. The Labute approximate surface area is 176 Å². The molecule has 29 heavy (non-hydrogen) atoms. The van der Waals surface area contributed by atoms with Crippen LogP contribution in [0.4, 0.5) is 0 Å². The van der Waals surface area contributed by atoms with E-state index in [4.69, 9.17) is 0 Å². The molecule has 2 aliphatic rings. The highest BCUT2D eigenvalue weighted by Crippen LogP contribution is 2.23. The molecule has 1 aromatic heterocycles. The Kier molecular flexibility index (Phi) is 7.31. The van der Waals surface area contributed by atoms with Crippen LogP contribution in [0.3, 0.4) is 0 Å². The van der Waals surface area contributed by atoms with Crippen molar-refractivity contribution >= 4 is 0 Å². The number of benzene rings is 1. The first kappa shape index (κ1) is 20.5. The van der Waals surface area contributed by atoms with Crippen LogP contribution < -0.4 is 0 Å². The minimum atomic E-state index is 0.707. The Hall–Kier alpha value is -1.75. The summed E-state index contributed by atoms with van der Waals surface area (Å²) < 4.78 is 0. The molecule has 4 rings (SSSR count). The zero-order chi connectivity index (χ0) is 19.9. The lowest BCUT2D eigenvalue weighted by Crippen LogP contribution is -2.53. The van der Waals surface area contributed by atoms with Gasteiger partial charge < -0.3 is 4.90 Å². The van der Waals surface area contributed by atoms with Crippen molar-refractivity contribution in [2.24, 2.45) is 0 Å². The van der Waals surface area contributed by atoms with Crippen molar-refractivity contribution in [3.8, 4) is 0 Å². The number of hydrogen-bond acceptors (Lipinski definition) is 4. The molecule has 0 unspecified atom stereocenters. The van der Waals surface area contributed by atoms with Crippen LogP contribution in [0.2, 0.25) is 0 Å². The zero-order valence-corrected chi connectivity index (χ0v) is 17.9. The smallest absolute Gasteiger partial charge is 0.0543 e. The van der Waals surface area contributed by atoms with Gasteiger partial charge in [0, 0.05) is 51.0 Å². The number of hydrogen-bond donors (Lipinski definition) is 0. The van der Waals surface area contributed by atoms with E-state index in [0.29, 0.717) is 6.04 Å². The summed E-state index contributed by atoms with van der Waals surface area (Å²) in [7, 11) is 2.33. The van der Waals surface area contributed by atoms with E-state index in [0.717, 1.165) is 25.6 Å². The van der Waals surface area contributed by atoms with Gasteiger partial charge >= 0.3 is 0 Å². The van der Waals surface area contributed by atoms with Crippen LogP contribution in [0, 0.1) is 0 Å². The van der Waals surface area contributed by atoms with Gasteiger partial charge in [0.05, 0.1) is 5.69 Å². The van der Waals surface area contributed by atoms with Crippen LogP contribution in [-0.2, 0) is 13.0 Å². The first-order valence-corrected chi connectivity index (χ1v) is 11.4. The van der Waals surface area contributed by atoms with Crippen LogP contribution in [0.5, 0.6) is 0 Å². The maximum atomic E-state index is 4.49. The predicted octanol–water partition coefficient (Wildman–Crippen LogP) is 3.68. The molecule has 0 radical (unpaired) electrons. The van der Waals surface area contributed by atoms with E-state index < -0.39 is 0 Å². The van der Waals surface area contributed by atoms with E-state index in [1.54, 1.807) is 0 Å². The molecule has 0 N–H and O–H groups in total. The maximum Gasteiger partial charge on any atom is 0.0543 e. The summed E-state index contributed by atoms with van der Waals surface area (Å²) in [6.45, 7) is 7.09. The van der Waals surface area contributed by atoms with Crippen LogP contribution in [0.25, 0.3) is 0 Å². The Morgan fingerprint density at radius 3 is 2.52 bits per heavy atom. The van der Waals surface area contributed by atoms with Crippen LogP contribution in [0.1, 0.15) is 36.9 Å². The van der Waals surface area contributed by atoms with Gasteiger partial charge in [-0.2, -0.15) is 0 Å². The minimum Gasteiger partial charge on any atom is -0.302 e. The third-order valence-corrected chi connectivity index (χ3v) is 6.83. The van der Waals surface area contributed by atoms with Gasteiger partial charge in [0.15, 0.2) is 0 Å². The van der Waals surface area contributed by atoms with Crippen molar-refractivity contribution in [3.63, 3.8) is 0 Å². The molecule has 0 amide bonds. The third-order valence-electron chi connectivity index (χ3n) is 6.83. The summed E-state index contributed by atoms with van der Waals surface area (Å²) in [6, 6.07) is 18.6. The number of aromatic nitrogens is 1. The molecule has 4 nitrogen and oxygen atoms in total. The van der Waals surface area contributed by atoms with Crippen molar-refractivity contribution in [2.75, 3.05) is 39.8 Å². The lowest BCUT2D eigenvalue weighted by atomic mass is 9.97. The molecule has 0 bridgehead atoms. The predicted molar refractivity (Wildman–Crippen MR) is 120 cm³/mol.